The molecule has 3 aromatic rings. The van der Waals surface area contributed by atoms with Gasteiger partial charge in [0.2, 0.25) is 0 Å². The molecule has 1 N–H and O–H groups in total. The van der Waals surface area contributed by atoms with E-state index in [1.165, 1.54) is 18.2 Å². The SMILES string of the molecule is Cn1ccnc1[C@H](N=C1NS(=O)(=O)c2ccccc21)c1ccc(F)cc1. The number of hydrogen-bond donors (Lipinski definition) is 1. The molecule has 1 atom stereocenters. The second-order valence-electron chi connectivity index (χ2n) is 5.93. The molecular weight excluding hydrogens is 355 g/mol. The van der Waals surface area contributed by atoms with Crippen LogP contribution in [-0.4, -0.2) is 23.8 Å². The third kappa shape index (κ3) is 2.78. The van der Waals surface area contributed by atoms with Gasteiger partial charge in [-0.3, -0.25) is 9.71 Å². The first-order valence-electron chi connectivity index (χ1n) is 7.88. The van der Waals surface area contributed by atoms with Crippen molar-refractivity contribution in [2.24, 2.45) is 12.0 Å². The van der Waals surface area contributed by atoms with Crippen LogP contribution in [0, 0.1) is 5.82 Å². The average Bonchev–Trinajstić information content (AvgIpc) is 3.15. The summed E-state index contributed by atoms with van der Waals surface area (Å²) in [4.78, 5) is 9.16. The number of imidazole rings is 1. The third-order valence-corrected chi connectivity index (χ3v) is 5.61. The van der Waals surface area contributed by atoms with Crippen molar-refractivity contribution in [1.29, 1.82) is 0 Å². The molecule has 26 heavy (non-hydrogen) atoms. The number of aliphatic imine (C=N–C) groups is 1. The van der Waals surface area contributed by atoms with Crippen LogP contribution < -0.4 is 4.72 Å². The van der Waals surface area contributed by atoms with Gasteiger partial charge in [0.25, 0.3) is 10.0 Å². The maximum absolute atomic E-state index is 13.3. The summed E-state index contributed by atoms with van der Waals surface area (Å²) in [6, 6.07) is 12.0. The number of halogens is 1. The van der Waals surface area contributed by atoms with Crippen molar-refractivity contribution in [3.05, 3.63) is 83.7 Å². The van der Waals surface area contributed by atoms with E-state index in [0.717, 1.165) is 0 Å². The van der Waals surface area contributed by atoms with Crippen LogP contribution in [0.15, 0.2) is 70.8 Å². The molecule has 0 radical (unpaired) electrons. The molecule has 0 spiro atoms. The van der Waals surface area contributed by atoms with Crippen LogP contribution in [0.1, 0.15) is 23.0 Å². The fourth-order valence-corrected chi connectivity index (χ4v) is 4.16. The Morgan fingerprint density at radius 1 is 1.15 bits per heavy atom. The largest absolute Gasteiger partial charge is 0.336 e. The molecule has 2 heterocycles. The Bertz CT molecular complexity index is 1100. The van der Waals surface area contributed by atoms with Crippen molar-refractivity contribution < 1.29 is 12.8 Å². The van der Waals surface area contributed by atoms with E-state index in [9.17, 15) is 12.8 Å². The topological polar surface area (TPSA) is 76.3 Å². The molecule has 2 aromatic carbocycles. The van der Waals surface area contributed by atoms with Gasteiger partial charge in [-0.25, -0.2) is 17.8 Å². The minimum Gasteiger partial charge on any atom is -0.336 e. The normalized spacial score (nSPS) is 17.7. The van der Waals surface area contributed by atoms with Gasteiger partial charge in [0.1, 0.15) is 23.5 Å². The summed E-state index contributed by atoms with van der Waals surface area (Å²) in [5.41, 5.74) is 1.21. The minimum absolute atomic E-state index is 0.191. The molecule has 0 saturated carbocycles. The first kappa shape index (κ1) is 16.5. The van der Waals surface area contributed by atoms with Gasteiger partial charge in [-0.05, 0) is 29.8 Å². The molecule has 132 valence electrons. The second-order valence-corrected chi connectivity index (χ2v) is 7.58. The average molecular weight is 370 g/mol. The highest BCUT2D eigenvalue weighted by Gasteiger charge is 2.31. The summed E-state index contributed by atoms with van der Waals surface area (Å²) in [5.74, 6) is 0.512. The lowest BCUT2D eigenvalue weighted by molar-refractivity contribution is 0.595. The lowest BCUT2D eigenvalue weighted by atomic mass is 10.1. The van der Waals surface area contributed by atoms with Gasteiger partial charge >= 0.3 is 0 Å². The summed E-state index contributed by atoms with van der Waals surface area (Å²) < 4.78 is 42.3. The van der Waals surface area contributed by atoms with Crippen LogP contribution in [0.3, 0.4) is 0 Å². The summed E-state index contributed by atoms with van der Waals surface area (Å²) >= 11 is 0. The number of benzene rings is 2. The van der Waals surface area contributed by atoms with E-state index in [-0.39, 0.29) is 16.5 Å². The van der Waals surface area contributed by atoms with Gasteiger partial charge in [0.05, 0.1) is 4.90 Å². The Morgan fingerprint density at radius 2 is 1.88 bits per heavy atom. The van der Waals surface area contributed by atoms with Gasteiger partial charge in [-0.15, -0.1) is 0 Å². The quantitative estimate of drug-likeness (QED) is 0.769. The number of aromatic nitrogens is 2. The molecular formula is C18H15FN4O2S. The summed E-state index contributed by atoms with van der Waals surface area (Å²) in [7, 11) is -1.81. The zero-order valence-corrected chi connectivity index (χ0v) is 14.6. The Labute approximate surface area is 150 Å². The monoisotopic (exact) mass is 370 g/mol. The fraction of sp³-hybridized carbons (Fsp3) is 0.111. The standard InChI is InChI=1S/C18H15FN4O2S/c1-23-11-10-20-18(23)16(12-6-8-13(19)9-7-12)21-17-14-4-2-3-5-15(14)26(24,25)22-17/h2-11,16H,1H3,(H,21,22)/t16-/m1/s1. The van der Waals surface area contributed by atoms with Gasteiger partial charge < -0.3 is 4.57 Å². The summed E-state index contributed by atoms with van der Waals surface area (Å²) in [6.45, 7) is 0. The van der Waals surface area contributed by atoms with E-state index in [0.29, 0.717) is 17.0 Å². The van der Waals surface area contributed by atoms with Gasteiger partial charge in [0.15, 0.2) is 0 Å². The van der Waals surface area contributed by atoms with Crippen molar-refractivity contribution in [2.45, 2.75) is 10.9 Å². The molecule has 8 heteroatoms. The zero-order chi connectivity index (χ0) is 18.3. The van der Waals surface area contributed by atoms with E-state index in [4.69, 9.17) is 0 Å². The van der Waals surface area contributed by atoms with Crippen molar-refractivity contribution in [1.82, 2.24) is 14.3 Å². The highest BCUT2D eigenvalue weighted by molar-refractivity contribution is 7.90. The van der Waals surface area contributed by atoms with E-state index in [1.54, 1.807) is 47.3 Å². The Kier molecular flexibility index (Phi) is 3.84. The summed E-state index contributed by atoms with van der Waals surface area (Å²) in [6.07, 6.45) is 3.41. The van der Waals surface area contributed by atoms with E-state index in [2.05, 4.69) is 14.7 Å². The predicted molar refractivity (Wildman–Crippen MR) is 94.8 cm³/mol. The molecule has 0 bridgehead atoms. The van der Waals surface area contributed by atoms with E-state index in [1.807, 2.05) is 7.05 Å². The maximum Gasteiger partial charge on any atom is 0.263 e. The van der Waals surface area contributed by atoms with Crippen LogP contribution in [0.4, 0.5) is 4.39 Å². The number of nitrogens with zero attached hydrogens (tertiary/aromatic N) is 3. The van der Waals surface area contributed by atoms with Crippen LogP contribution >= 0.6 is 0 Å². The lowest BCUT2D eigenvalue weighted by Crippen LogP contribution is -2.23. The minimum atomic E-state index is -3.64. The molecule has 0 saturated heterocycles. The van der Waals surface area contributed by atoms with Gasteiger partial charge in [-0.1, -0.05) is 24.3 Å². The number of sulfonamides is 1. The summed E-state index contributed by atoms with van der Waals surface area (Å²) in [5, 5.41) is 0. The Balaban J connectivity index is 1.88. The molecule has 0 fully saturated rings. The maximum atomic E-state index is 13.3. The molecule has 0 amide bonds. The first-order valence-corrected chi connectivity index (χ1v) is 9.37. The predicted octanol–water partition coefficient (Wildman–Crippen LogP) is 2.39. The smallest absolute Gasteiger partial charge is 0.263 e. The second kappa shape index (κ2) is 6.06. The van der Waals surface area contributed by atoms with Crippen molar-refractivity contribution in [3.8, 4) is 0 Å². The number of fused-ring (bicyclic) bond motifs is 1. The lowest BCUT2D eigenvalue weighted by Gasteiger charge is -2.14. The van der Waals surface area contributed by atoms with Crippen LogP contribution in [0.25, 0.3) is 0 Å². The fourth-order valence-electron chi connectivity index (χ4n) is 2.93. The number of amidine groups is 1. The van der Waals surface area contributed by atoms with Crippen molar-refractivity contribution in [3.63, 3.8) is 0 Å². The van der Waals surface area contributed by atoms with E-state index < -0.39 is 16.1 Å². The molecule has 4 rings (SSSR count). The molecule has 0 aliphatic carbocycles. The number of hydrogen-bond acceptors (Lipinski definition) is 4. The number of nitrogens with one attached hydrogen (secondary N) is 1. The van der Waals surface area contributed by atoms with Gasteiger partial charge in [-0.2, -0.15) is 0 Å². The first-order chi connectivity index (χ1) is 12.5. The number of aryl methyl sites for hydroxylation is 1. The van der Waals surface area contributed by atoms with Crippen molar-refractivity contribution in [2.75, 3.05) is 0 Å². The molecule has 0 unspecified atom stereocenters. The highest BCUT2D eigenvalue weighted by atomic mass is 32.2. The van der Waals surface area contributed by atoms with Gasteiger partial charge in [0, 0.05) is 25.0 Å². The van der Waals surface area contributed by atoms with Crippen LogP contribution in [-0.2, 0) is 17.1 Å². The molecule has 1 aromatic heterocycles. The van der Waals surface area contributed by atoms with Crippen LogP contribution in [0.2, 0.25) is 0 Å². The zero-order valence-electron chi connectivity index (χ0n) is 13.8. The Morgan fingerprint density at radius 3 is 2.58 bits per heavy atom. The highest BCUT2D eigenvalue weighted by Crippen LogP contribution is 2.29. The Hall–Kier alpha value is -3.00. The van der Waals surface area contributed by atoms with E-state index >= 15 is 0 Å². The molecule has 1 aliphatic heterocycles. The third-order valence-electron chi connectivity index (χ3n) is 4.21. The number of rotatable bonds is 3. The molecule has 1 aliphatic rings. The molecule has 6 nitrogen and oxygen atoms in total. The van der Waals surface area contributed by atoms with Crippen molar-refractivity contribution >= 4 is 15.9 Å². The van der Waals surface area contributed by atoms with Crippen LogP contribution in [0.5, 0.6) is 0 Å².